The summed E-state index contributed by atoms with van der Waals surface area (Å²) in [5.74, 6) is 0.877. The lowest BCUT2D eigenvalue weighted by Gasteiger charge is -2.21. The maximum absolute atomic E-state index is 9.03. The highest BCUT2D eigenvalue weighted by Crippen LogP contribution is 2.12. The molecular formula is C11H18N4O. The Kier molecular flexibility index (Phi) is 3.69. The molecule has 1 aliphatic rings. The molecule has 2 rings (SSSR count). The third-order valence-electron chi connectivity index (χ3n) is 2.88. The molecule has 5 nitrogen and oxygen atoms in total. The predicted molar refractivity (Wildman–Crippen MR) is 62.3 cm³/mol. The normalized spacial score (nSPS) is 18.5. The molecule has 1 aromatic heterocycles. The summed E-state index contributed by atoms with van der Waals surface area (Å²) < 4.78 is 0. The van der Waals surface area contributed by atoms with Crippen molar-refractivity contribution in [1.29, 1.82) is 0 Å². The van der Waals surface area contributed by atoms with Crippen molar-refractivity contribution < 1.29 is 5.11 Å². The molecule has 0 atom stereocenters. The van der Waals surface area contributed by atoms with Crippen LogP contribution in [0.1, 0.15) is 12.1 Å². The van der Waals surface area contributed by atoms with E-state index in [2.05, 4.69) is 26.8 Å². The largest absolute Gasteiger partial charge is 0.390 e. The second-order valence-electron chi connectivity index (χ2n) is 4.17. The van der Waals surface area contributed by atoms with Crippen molar-refractivity contribution >= 4 is 5.82 Å². The van der Waals surface area contributed by atoms with Crippen molar-refractivity contribution in [1.82, 2.24) is 14.9 Å². The van der Waals surface area contributed by atoms with Gasteiger partial charge in [0.2, 0.25) is 0 Å². The van der Waals surface area contributed by atoms with Gasteiger partial charge >= 0.3 is 0 Å². The van der Waals surface area contributed by atoms with Crippen LogP contribution >= 0.6 is 0 Å². The van der Waals surface area contributed by atoms with Crippen LogP contribution in [0.4, 0.5) is 5.82 Å². The molecule has 0 saturated carbocycles. The molecule has 0 aliphatic carbocycles. The van der Waals surface area contributed by atoms with Gasteiger partial charge in [0.05, 0.1) is 24.7 Å². The zero-order valence-corrected chi connectivity index (χ0v) is 9.63. The maximum Gasteiger partial charge on any atom is 0.147 e. The minimum Gasteiger partial charge on any atom is -0.390 e. The van der Waals surface area contributed by atoms with E-state index in [-0.39, 0.29) is 6.61 Å². The van der Waals surface area contributed by atoms with Gasteiger partial charge in [-0.15, -0.1) is 0 Å². The van der Waals surface area contributed by atoms with Crippen molar-refractivity contribution in [2.24, 2.45) is 0 Å². The molecule has 0 aromatic carbocycles. The molecule has 88 valence electrons. The average Bonchev–Trinajstić information content (AvgIpc) is 2.54. The standard InChI is InChI=1S/C11H18N4O/c1-14-3-2-4-15(6-5-14)11-8-12-7-10(9-16)13-11/h7-8,16H,2-6,9H2,1H3. The smallest absolute Gasteiger partial charge is 0.147 e. The molecule has 5 heteroatoms. The van der Waals surface area contributed by atoms with Gasteiger partial charge in [-0.1, -0.05) is 0 Å². The van der Waals surface area contributed by atoms with Crippen LogP contribution in [-0.2, 0) is 6.61 Å². The molecule has 1 fully saturated rings. The Hall–Kier alpha value is -1.20. The zero-order chi connectivity index (χ0) is 11.4. The van der Waals surface area contributed by atoms with E-state index in [1.54, 1.807) is 12.4 Å². The van der Waals surface area contributed by atoms with E-state index in [1.807, 2.05) is 0 Å². The molecule has 0 radical (unpaired) electrons. The highest BCUT2D eigenvalue weighted by molar-refractivity contribution is 5.36. The first-order valence-electron chi connectivity index (χ1n) is 5.65. The molecular weight excluding hydrogens is 204 g/mol. The first-order valence-corrected chi connectivity index (χ1v) is 5.65. The van der Waals surface area contributed by atoms with Gasteiger partial charge in [-0.05, 0) is 20.0 Å². The quantitative estimate of drug-likeness (QED) is 0.770. The van der Waals surface area contributed by atoms with Crippen LogP contribution in [0.5, 0.6) is 0 Å². The monoisotopic (exact) mass is 222 g/mol. The Morgan fingerprint density at radius 2 is 2.12 bits per heavy atom. The summed E-state index contributed by atoms with van der Waals surface area (Å²) in [7, 11) is 2.14. The Labute approximate surface area is 95.7 Å². The van der Waals surface area contributed by atoms with Crippen molar-refractivity contribution in [2.75, 3.05) is 38.1 Å². The van der Waals surface area contributed by atoms with E-state index in [4.69, 9.17) is 5.11 Å². The Morgan fingerprint density at radius 1 is 1.25 bits per heavy atom. The number of hydrogen-bond acceptors (Lipinski definition) is 5. The van der Waals surface area contributed by atoms with E-state index in [0.29, 0.717) is 5.69 Å². The van der Waals surface area contributed by atoms with E-state index < -0.39 is 0 Å². The Morgan fingerprint density at radius 3 is 2.94 bits per heavy atom. The summed E-state index contributed by atoms with van der Waals surface area (Å²) in [6.45, 7) is 4.11. The predicted octanol–water partition coefficient (Wildman–Crippen LogP) is 0.111. The summed E-state index contributed by atoms with van der Waals surface area (Å²) >= 11 is 0. The summed E-state index contributed by atoms with van der Waals surface area (Å²) in [4.78, 5) is 13.0. The first-order chi connectivity index (χ1) is 7.79. The summed E-state index contributed by atoms with van der Waals surface area (Å²) in [6.07, 6.45) is 4.51. The van der Waals surface area contributed by atoms with Crippen LogP contribution in [0, 0.1) is 0 Å². The van der Waals surface area contributed by atoms with Gasteiger partial charge in [0.25, 0.3) is 0 Å². The number of aliphatic hydroxyl groups excluding tert-OH is 1. The van der Waals surface area contributed by atoms with Crippen LogP contribution in [0.15, 0.2) is 12.4 Å². The fourth-order valence-electron chi connectivity index (χ4n) is 1.90. The lowest BCUT2D eigenvalue weighted by Crippen LogP contribution is -2.29. The van der Waals surface area contributed by atoms with Crippen molar-refractivity contribution in [3.63, 3.8) is 0 Å². The molecule has 2 heterocycles. The van der Waals surface area contributed by atoms with Gasteiger partial charge in [-0.3, -0.25) is 4.98 Å². The third kappa shape index (κ3) is 2.68. The highest BCUT2D eigenvalue weighted by Gasteiger charge is 2.13. The molecule has 0 amide bonds. The van der Waals surface area contributed by atoms with Gasteiger partial charge in [-0.25, -0.2) is 4.98 Å². The van der Waals surface area contributed by atoms with Crippen LogP contribution in [0.2, 0.25) is 0 Å². The SMILES string of the molecule is CN1CCCN(c2cncc(CO)n2)CC1. The third-order valence-corrected chi connectivity index (χ3v) is 2.88. The number of aliphatic hydroxyl groups is 1. The molecule has 1 aromatic rings. The van der Waals surface area contributed by atoms with Crippen LogP contribution in [-0.4, -0.2) is 53.2 Å². The number of nitrogens with zero attached hydrogens (tertiary/aromatic N) is 4. The van der Waals surface area contributed by atoms with E-state index >= 15 is 0 Å². The molecule has 1 aliphatic heterocycles. The van der Waals surface area contributed by atoms with E-state index in [1.165, 1.54) is 0 Å². The second kappa shape index (κ2) is 5.23. The number of aromatic nitrogens is 2. The van der Waals surface area contributed by atoms with Gasteiger partial charge in [0.1, 0.15) is 5.82 Å². The lowest BCUT2D eigenvalue weighted by atomic mass is 10.4. The summed E-state index contributed by atoms with van der Waals surface area (Å²) in [5, 5.41) is 9.03. The molecule has 1 saturated heterocycles. The molecule has 0 spiro atoms. The van der Waals surface area contributed by atoms with Crippen LogP contribution in [0.3, 0.4) is 0 Å². The molecule has 1 N–H and O–H groups in total. The first kappa shape index (κ1) is 11.3. The average molecular weight is 222 g/mol. The Bertz CT molecular complexity index is 345. The fraction of sp³-hybridized carbons (Fsp3) is 0.636. The van der Waals surface area contributed by atoms with Crippen molar-refractivity contribution in [2.45, 2.75) is 13.0 Å². The zero-order valence-electron chi connectivity index (χ0n) is 9.63. The molecule has 0 bridgehead atoms. The van der Waals surface area contributed by atoms with Gasteiger partial charge in [-0.2, -0.15) is 0 Å². The highest BCUT2D eigenvalue weighted by atomic mass is 16.3. The van der Waals surface area contributed by atoms with Gasteiger partial charge in [0, 0.05) is 19.6 Å². The minimum atomic E-state index is -0.0470. The van der Waals surface area contributed by atoms with E-state index in [0.717, 1.165) is 38.4 Å². The van der Waals surface area contributed by atoms with E-state index in [9.17, 15) is 0 Å². The number of anilines is 1. The number of likely N-dealkylation sites (N-methyl/N-ethyl adjacent to an activating group) is 1. The number of rotatable bonds is 2. The second-order valence-corrected chi connectivity index (χ2v) is 4.17. The van der Waals surface area contributed by atoms with Crippen LogP contribution < -0.4 is 4.90 Å². The summed E-state index contributed by atoms with van der Waals surface area (Å²) in [6, 6.07) is 0. The van der Waals surface area contributed by atoms with Crippen molar-refractivity contribution in [3.8, 4) is 0 Å². The number of hydrogen-bond donors (Lipinski definition) is 1. The minimum absolute atomic E-state index is 0.0470. The fourth-order valence-corrected chi connectivity index (χ4v) is 1.90. The Balaban J connectivity index is 2.10. The van der Waals surface area contributed by atoms with Crippen LogP contribution in [0.25, 0.3) is 0 Å². The van der Waals surface area contributed by atoms with Gasteiger partial charge < -0.3 is 14.9 Å². The molecule has 0 unspecified atom stereocenters. The maximum atomic E-state index is 9.03. The van der Waals surface area contributed by atoms with Gasteiger partial charge in [0.15, 0.2) is 0 Å². The summed E-state index contributed by atoms with van der Waals surface area (Å²) in [5.41, 5.74) is 0.634. The van der Waals surface area contributed by atoms with Crippen molar-refractivity contribution in [3.05, 3.63) is 18.1 Å². The topological polar surface area (TPSA) is 52.5 Å². The molecule has 16 heavy (non-hydrogen) atoms. The lowest BCUT2D eigenvalue weighted by molar-refractivity contribution is 0.276.